The van der Waals surface area contributed by atoms with Gasteiger partial charge in [-0.1, -0.05) is 140 Å². The van der Waals surface area contributed by atoms with E-state index in [2.05, 4.69) is 237 Å². The molecular weight excluding hydrogens is 709 g/mol. The minimum Gasteiger partial charge on any atom is -0.359 e. The molecule has 9 aromatic rings. The average Bonchev–Trinajstić information content (AvgIpc) is 3.87. The van der Waals surface area contributed by atoms with Gasteiger partial charge in [0.25, 0.3) is 0 Å². The molecule has 0 aliphatic carbocycles. The summed E-state index contributed by atoms with van der Waals surface area (Å²) in [5.41, 5.74) is 14.5. The molecule has 278 valence electrons. The van der Waals surface area contributed by atoms with Gasteiger partial charge >= 0.3 is 0 Å². The second kappa shape index (κ2) is 14.3. The molecule has 0 bridgehead atoms. The highest BCUT2D eigenvalue weighted by atomic mass is 15.5. The molecule has 6 nitrogen and oxygen atoms in total. The van der Waals surface area contributed by atoms with Gasteiger partial charge in [-0.3, -0.25) is 9.88 Å². The number of nitrogens with one attached hydrogen (secondary N) is 2. The standard InChI is InChI=1S/C52H40N6/c1-5-18-36(19-6-1)38-22-17-23-39(32-38)50-55-49(37-20-7-2-8-21-37)58(50)44-34-40(51-53-45-28-13-15-30-47(45)56(51)42-24-9-3-10-25-42)33-41(35-44)52-54-46-29-14-16-31-48(46)57(52)43-26-11-4-12-27-43/h1-35,49-51,53,55H. The smallest absolute Gasteiger partial charge is 0.145 e. The third-order valence-corrected chi connectivity index (χ3v) is 11.4. The molecule has 2 aliphatic heterocycles. The lowest BCUT2D eigenvalue weighted by atomic mass is 9.95. The van der Waals surface area contributed by atoms with E-state index in [0.29, 0.717) is 0 Å². The van der Waals surface area contributed by atoms with Crippen molar-refractivity contribution in [2.75, 3.05) is 15.1 Å². The summed E-state index contributed by atoms with van der Waals surface area (Å²) in [6.07, 6.45) is -0.317. The fourth-order valence-electron chi connectivity index (χ4n) is 8.74. The Balaban J connectivity index is 1.13. The summed E-state index contributed by atoms with van der Waals surface area (Å²) in [5.74, 6) is 0.893. The fourth-order valence-corrected chi connectivity index (χ4v) is 8.74. The van der Waals surface area contributed by atoms with Gasteiger partial charge in [0.15, 0.2) is 0 Å². The molecule has 1 aromatic heterocycles. The van der Waals surface area contributed by atoms with E-state index in [1.807, 2.05) is 0 Å². The zero-order valence-electron chi connectivity index (χ0n) is 31.7. The molecule has 2 N–H and O–H groups in total. The number of hydrogen-bond donors (Lipinski definition) is 2. The summed E-state index contributed by atoms with van der Waals surface area (Å²) < 4.78 is 2.30. The molecular formula is C52H40N6. The van der Waals surface area contributed by atoms with Crippen LogP contribution in [-0.2, 0) is 0 Å². The molecule has 2 aliphatic rings. The van der Waals surface area contributed by atoms with Crippen LogP contribution in [0.15, 0.2) is 212 Å². The normalized spacial score (nSPS) is 17.1. The molecule has 8 aromatic carbocycles. The maximum atomic E-state index is 5.38. The van der Waals surface area contributed by atoms with E-state index < -0.39 is 0 Å². The lowest BCUT2D eigenvalue weighted by Crippen LogP contribution is -2.57. The number of nitrogens with zero attached hydrogens (tertiary/aromatic N) is 4. The van der Waals surface area contributed by atoms with Crippen LogP contribution in [0, 0.1) is 0 Å². The first kappa shape index (κ1) is 33.9. The lowest BCUT2D eigenvalue weighted by Gasteiger charge is -2.52. The fraction of sp³-hybridized carbons (Fsp3) is 0.0577. The molecule has 1 fully saturated rings. The first-order valence-electron chi connectivity index (χ1n) is 19.9. The number of anilines is 4. The van der Waals surface area contributed by atoms with Gasteiger partial charge in [0, 0.05) is 22.6 Å². The predicted octanol–water partition coefficient (Wildman–Crippen LogP) is 12.4. The quantitative estimate of drug-likeness (QED) is 0.162. The number of fused-ring (bicyclic) bond motifs is 2. The lowest BCUT2D eigenvalue weighted by molar-refractivity contribution is 0.276. The highest BCUT2D eigenvalue weighted by Gasteiger charge is 2.41. The maximum Gasteiger partial charge on any atom is 0.145 e. The van der Waals surface area contributed by atoms with Crippen LogP contribution in [0.2, 0.25) is 0 Å². The van der Waals surface area contributed by atoms with Crippen molar-refractivity contribution in [1.29, 1.82) is 0 Å². The molecule has 6 heteroatoms. The van der Waals surface area contributed by atoms with Crippen molar-refractivity contribution >= 4 is 33.8 Å². The Bertz CT molecular complexity index is 2870. The van der Waals surface area contributed by atoms with Gasteiger partial charge in [0.1, 0.15) is 24.3 Å². The second-order valence-electron chi connectivity index (χ2n) is 15.0. The zero-order chi connectivity index (χ0) is 38.4. The van der Waals surface area contributed by atoms with Crippen LogP contribution in [0.3, 0.4) is 0 Å². The maximum absolute atomic E-state index is 5.38. The minimum atomic E-state index is -0.183. The van der Waals surface area contributed by atoms with E-state index in [1.54, 1.807) is 0 Å². The molecule has 58 heavy (non-hydrogen) atoms. The Hall–Kier alpha value is -7.41. The first-order chi connectivity index (χ1) is 28.8. The Morgan fingerprint density at radius 1 is 0.414 bits per heavy atom. The first-order valence-corrected chi connectivity index (χ1v) is 19.9. The molecule has 3 heterocycles. The molecule has 11 rings (SSSR count). The van der Waals surface area contributed by atoms with Crippen molar-refractivity contribution in [3.63, 3.8) is 0 Å². The van der Waals surface area contributed by atoms with Gasteiger partial charge in [-0.25, -0.2) is 4.98 Å². The molecule has 0 spiro atoms. The van der Waals surface area contributed by atoms with Crippen molar-refractivity contribution in [3.05, 3.63) is 229 Å². The Morgan fingerprint density at radius 2 is 1.02 bits per heavy atom. The Morgan fingerprint density at radius 3 is 1.81 bits per heavy atom. The van der Waals surface area contributed by atoms with Crippen LogP contribution in [0.1, 0.15) is 35.2 Å². The van der Waals surface area contributed by atoms with E-state index >= 15 is 0 Å². The van der Waals surface area contributed by atoms with E-state index in [9.17, 15) is 0 Å². The molecule has 0 amide bonds. The van der Waals surface area contributed by atoms with Crippen molar-refractivity contribution in [3.8, 4) is 28.2 Å². The third-order valence-electron chi connectivity index (χ3n) is 11.4. The van der Waals surface area contributed by atoms with Gasteiger partial charge in [-0.15, -0.1) is 0 Å². The number of benzene rings is 8. The van der Waals surface area contributed by atoms with Crippen LogP contribution < -0.4 is 20.4 Å². The van der Waals surface area contributed by atoms with Gasteiger partial charge in [0.05, 0.1) is 22.4 Å². The average molecular weight is 749 g/mol. The van der Waals surface area contributed by atoms with Crippen LogP contribution in [-0.4, -0.2) is 9.55 Å². The SMILES string of the molecule is c1ccc(-c2cccc(C3NC(c4ccccc4)N3c3cc(-c4nc5ccccc5n4-c4ccccc4)cc(C4Nc5ccccc5N4c4ccccc4)c3)c2)cc1. The van der Waals surface area contributed by atoms with E-state index in [-0.39, 0.29) is 18.5 Å². The van der Waals surface area contributed by atoms with Crippen molar-refractivity contribution in [2.45, 2.75) is 18.5 Å². The number of imidazole rings is 1. The van der Waals surface area contributed by atoms with Gasteiger partial charge < -0.3 is 15.1 Å². The molecule has 1 saturated heterocycles. The van der Waals surface area contributed by atoms with Crippen LogP contribution in [0.25, 0.3) is 39.2 Å². The summed E-state index contributed by atoms with van der Waals surface area (Å²) in [6.45, 7) is 0. The Kier molecular flexibility index (Phi) is 8.34. The molecule has 0 radical (unpaired) electrons. The van der Waals surface area contributed by atoms with Gasteiger partial charge in [0.2, 0.25) is 0 Å². The number of para-hydroxylation sites is 6. The van der Waals surface area contributed by atoms with E-state index in [1.165, 1.54) is 22.3 Å². The van der Waals surface area contributed by atoms with Crippen LogP contribution in [0.5, 0.6) is 0 Å². The summed E-state index contributed by atoms with van der Waals surface area (Å²) >= 11 is 0. The van der Waals surface area contributed by atoms with Crippen LogP contribution in [0.4, 0.5) is 22.7 Å². The van der Waals surface area contributed by atoms with E-state index in [4.69, 9.17) is 4.98 Å². The summed E-state index contributed by atoms with van der Waals surface area (Å²) in [7, 11) is 0. The minimum absolute atomic E-state index is 0.0541. The third kappa shape index (κ3) is 5.90. The van der Waals surface area contributed by atoms with Crippen molar-refractivity contribution in [1.82, 2.24) is 14.9 Å². The highest BCUT2D eigenvalue weighted by Crippen LogP contribution is 2.49. The number of rotatable bonds is 8. The van der Waals surface area contributed by atoms with Crippen molar-refractivity contribution < 1.29 is 0 Å². The Labute approximate surface area is 338 Å². The summed E-state index contributed by atoms with van der Waals surface area (Å²) in [6, 6.07) is 75.7. The predicted molar refractivity (Wildman–Crippen MR) is 237 cm³/mol. The molecule has 3 unspecified atom stereocenters. The van der Waals surface area contributed by atoms with Crippen molar-refractivity contribution in [2.24, 2.45) is 0 Å². The van der Waals surface area contributed by atoms with Crippen LogP contribution >= 0.6 is 0 Å². The van der Waals surface area contributed by atoms with Gasteiger partial charge in [-0.05, 0) is 101 Å². The number of hydrogen-bond acceptors (Lipinski definition) is 5. The topological polar surface area (TPSA) is 48.4 Å². The molecule has 3 atom stereocenters. The number of aromatic nitrogens is 2. The zero-order valence-corrected chi connectivity index (χ0v) is 31.7. The summed E-state index contributed by atoms with van der Waals surface area (Å²) in [5, 5.41) is 7.90. The summed E-state index contributed by atoms with van der Waals surface area (Å²) in [4.78, 5) is 10.3. The highest BCUT2D eigenvalue weighted by molar-refractivity contribution is 5.86. The van der Waals surface area contributed by atoms with Gasteiger partial charge in [-0.2, -0.15) is 0 Å². The molecule has 0 saturated carbocycles. The second-order valence-corrected chi connectivity index (χ2v) is 15.0. The largest absolute Gasteiger partial charge is 0.359 e. The van der Waals surface area contributed by atoms with E-state index in [0.717, 1.165) is 56.4 Å². The monoisotopic (exact) mass is 748 g/mol.